The molecular formula is C15H20F2N4O4S. The lowest BCUT2D eigenvalue weighted by atomic mass is 10.1. The molecule has 0 aromatic heterocycles. The zero-order chi connectivity index (χ0) is 19.5. The molecule has 0 saturated carbocycles. The Morgan fingerprint density at radius 3 is 2.62 bits per heavy atom. The van der Waals surface area contributed by atoms with Crippen LogP contribution in [0.25, 0.3) is 0 Å². The topological polar surface area (TPSA) is 116 Å². The first-order chi connectivity index (χ1) is 12.0. The summed E-state index contributed by atoms with van der Waals surface area (Å²) in [5.41, 5.74) is 0.220. The van der Waals surface area contributed by atoms with E-state index in [4.69, 9.17) is 0 Å². The largest absolute Gasteiger partial charge is 0.343 e. The number of hydrogen-bond acceptors (Lipinski definition) is 5. The SMILES string of the molecule is CNS(=O)(=O)c1cccc(NC(=O)C(C)NC(=O)C2CC(F)(F)CN2)c1. The van der Waals surface area contributed by atoms with Gasteiger partial charge in [-0.15, -0.1) is 0 Å². The number of amides is 2. The quantitative estimate of drug-likeness (QED) is 0.547. The molecule has 0 radical (unpaired) electrons. The molecule has 2 unspecified atom stereocenters. The van der Waals surface area contributed by atoms with Crippen LogP contribution < -0.4 is 20.7 Å². The third-order valence-corrected chi connectivity index (χ3v) is 5.27. The third-order valence-electron chi connectivity index (χ3n) is 3.86. The lowest BCUT2D eigenvalue weighted by molar-refractivity contribution is -0.127. The van der Waals surface area contributed by atoms with Gasteiger partial charge in [-0.1, -0.05) is 6.07 Å². The molecule has 1 aliphatic heterocycles. The average Bonchev–Trinajstić information content (AvgIpc) is 2.95. The molecule has 2 atom stereocenters. The highest BCUT2D eigenvalue weighted by Gasteiger charge is 2.42. The lowest BCUT2D eigenvalue weighted by Crippen LogP contribution is -2.48. The predicted octanol–water partition coefficient (Wildman–Crippen LogP) is 0.0351. The second-order valence-electron chi connectivity index (χ2n) is 5.95. The number of carbonyl (C=O) groups excluding carboxylic acids is 2. The van der Waals surface area contributed by atoms with E-state index in [2.05, 4.69) is 20.7 Å². The monoisotopic (exact) mass is 390 g/mol. The van der Waals surface area contributed by atoms with E-state index >= 15 is 0 Å². The summed E-state index contributed by atoms with van der Waals surface area (Å²) in [6.07, 6.45) is -0.628. The van der Waals surface area contributed by atoms with Crippen molar-refractivity contribution in [3.63, 3.8) is 0 Å². The van der Waals surface area contributed by atoms with Gasteiger partial charge in [-0.2, -0.15) is 0 Å². The zero-order valence-electron chi connectivity index (χ0n) is 14.2. The number of alkyl halides is 2. The van der Waals surface area contributed by atoms with Gasteiger partial charge in [-0.05, 0) is 32.2 Å². The van der Waals surface area contributed by atoms with Gasteiger partial charge < -0.3 is 10.6 Å². The Bertz CT molecular complexity index is 801. The molecule has 4 N–H and O–H groups in total. The van der Waals surface area contributed by atoms with Gasteiger partial charge in [0.25, 0.3) is 5.92 Å². The van der Waals surface area contributed by atoms with E-state index in [9.17, 15) is 26.8 Å². The fraction of sp³-hybridized carbons (Fsp3) is 0.467. The van der Waals surface area contributed by atoms with E-state index in [0.717, 1.165) is 0 Å². The van der Waals surface area contributed by atoms with Crippen LogP contribution in [0.15, 0.2) is 29.2 Å². The summed E-state index contributed by atoms with van der Waals surface area (Å²) < 4.78 is 51.9. The van der Waals surface area contributed by atoms with Crippen molar-refractivity contribution < 1.29 is 26.8 Å². The minimum atomic E-state index is -3.67. The summed E-state index contributed by atoms with van der Waals surface area (Å²) in [4.78, 5) is 24.1. The Hall–Kier alpha value is -2.11. The summed E-state index contributed by atoms with van der Waals surface area (Å²) >= 11 is 0. The molecule has 1 heterocycles. The number of carbonyl (C=O) groups is 2. The van der Waals surface area contributed by atoms with Gasteiger partial charge in [-0.3, -0.25) is 14.9 Å². The van der Waals surface area contributed by atoms with Crippen molar-refractivity contribution >= 4 is 27.5 Å². The summed E-state index contributed by atoms with van der Waals surface area (Å²) in [6, 6.07) is 3.50. The Kier molecular flexibility index (Phi) is 5.94. The van der Waals surface area contributed by atoms with Crippen LogP contribution >= 0.6 is 0 Å². The first-order valence-corrected chi connectivity index (χ1v) is 9.28. The van der Waals surface area contributed by atoms with E-state index in [-0.39, 0.29) is 10.6 Å². The standard InChI is InChI=1S/C15H20F2N4O4S/c1-9(20-14(23)12-7-15(16,17)8-19-12)13(22)21-10-4-3-5-11(6-10)26(24,25)18-2/h3-6,9,12,18-19H,7-8H2,1-2H3,(H,20,23)(H,21,22). The number of benzene rings is 1. The molecule has 0 spiro atoms. The second kappa shape index (κ2) is 7.64. The van der Waals surface area contributed by atoms with Crippen LogP contribution in [-0.4, -0.2) is 51.8 Å². The van der Waals surface area contributed by atoms with Gasteiger partial charge >= 0.3 is 0 Å². The van der Waals surface area contributed by atoms with Gasteiger partial charge in [0.2, 0.25) is 21.8 Å². The lowest BCUT2D eigenvalue weighted by Gasteiger charge is -2.17. The molecule has 11 heteroatoms. The van der Waals surface area contributed by atoms with Crippen molar-refractivity contribution in [2.24, 2.45) is 0 Å². The molecule has 144 valence electrons. The van der Waals surface area contributed by atoms with Crippen LogP contribution in [0, 0.1) is 0 Å². The first-order valence-electron chi connectivity index (χ1n) is 7.80. The Morgan fingerprint density at radius 2 is 2.04 bits per heavy atom. The number of rotatable bonds is 6. The molecule has 0 bridgehead atoms. The molecule has 26 heavy (non-hydrogen) atoms. The number of sulfonamides is 1. The van der Waals surface area contributed by atoms with Crippen molar-refractivity contribution in [2.75, 3.05) is 18.9 Å². The normalized spacial score (nSPS) is 20.4. The third kappa shape index (κ3) is 4.96. The first kappa shape index (κ1) is 20.2. The average molecular weight is 390 g/mol. The van der Waals surface area contributed by atoms with Gasteiger partial charge in [-0.25, -0.2) is 21.9 Å². The summed E-state index contributed by atoms with van der Waals surface area (Å²) in [7, 11) is -2.41. The Morgan fingerprint density at radius 1 is 1.35 bits per heavy atom. The number of anilines is 1. The minimum absolute atomic E-state index is 0.0353. The Labute approximate surface area is 149 Å². The van der Waals surface area contributed by atoms with Crippen LogP contribution in [0.5, 0.6) is 0 Å². The van der Waals surface area contributed by atoms with E-state index in [1.165, 1.54) is 38.2 Å². The van der Waals surface area contributed by atoms with Gasteiger partial charge in [0.15, 0.2) is 0 Å². The summed E-state index contributed by atoms with van der Waals surface area (Å²) in [5, 5.41) is 7.24. The number of nitrogens with one attached hydrogen (secondary N) is 4. The molecule has 1 aromatic rings. The fourth-order valence-corrected chi connectivity index (χ4v) is 3.17. The molecule has 1 aromatic carbocycles. The van der Waals surface area contributed by atoms with E-state index in [0.29, 0.717) is 0 Å². The maximum Gasteiger partial charge on any atom is 0.262 e. The second-order valence-corrected chi connectivity index (χ2v) is 7.84. The summed E-state index contributed by atoms with van der Waals surface area (Å²) in [5.74, 6) is -4.26. The van der Waals surface area contributed by atoms with Crippen molar-refractivity contribution in [3.8, 4) is 0 Å². The van der Waals surface area contributed by atoms with E-state index < -0.39 is 52.8 Å². The summed E-state index contributed by atoms with van der Waals surface area (Å²) in [6.45, 7) is 0.812. The van der Waals surface area contributed by atoms with Crippen LogP contribution in [0.2, 0.25) is 0 Å². The highest BCUT2D eigenvalue weighted by molar-refractivity contribution is 7.89. The Balaban J connectivity index is 1.97. The molecule has 2 rings (SSSR count). The van der Waals surface area contributed by atoms with Crippen LogP contribution in [-0.2, 0) is 19.6 Å². The predicted molar refractivity (Wildman–Crippen MR) is 90.3 cm³/mol. The van der Waals surface area contributed by atoms with Crippen molar-refractivity contribution in [2.45, 2.75) is 36.2 Å². The molecule has 1 saturated heterocycles. The molecule has 1 fully saturated rings. The molecule has 8 nitrogen and oxygen atoms in total. The van der Waals surface area contributed by atoms with Gasteiger partial charge in [0, 0.05) is 12.1 Å². The van der Waals surface area contributed by atoms with E-state index in [1.54, 1.807) is 0 Å². The molecular weight excluding hydrogens is 370 g/mol. The van der Waals surface area contributed by atoms with Gasteiger partial charge in [0.05, 0.1) is 17.5 Å². The number of hydrogen-bond donors (Lipinski definition) is 4. The van der Waals surface area contributed by atoms with Crippen LogP contribution in [0.4, 0.5) is 14.5 Å². The zero-order valence-corrected chi connectivity index (χ0v) is 15.0. The highest BCUT2D eigenvalue weighted by Crippen LogP contribution is 2.25. The molecule has 2 amide bonds. The highest BCUT2D eigenvalue weighted by atomic mass is 32.2. The minimum Gasteiger partial charge on any atom is -0.343 e. The van der Waals surface area contributed by atoms with Gasteiger partial charge in [0.1, 0.15) is 6.04 Å². The maximum absolute atomic E-state index is 13.1. The van der Waals surface area contributed by atoms with Crippen LogP contribution in [0.1, 0.15) is 13.3 Å². The smallest absolute Gasteiger partial charge is 0.262 e. The van der Waals surface area contributed by atoms with Crippen molar-refractivity contribution in [1.29, 1.82) is 0 Å². The number of halogens is 2. The van der Waals surface area contributed by atoms with Crippen molar-refractivity contribution in [3.05, 3.63) is 24.3 Å². The van der Waals surface area contributed by atoms with Crippen LogP contribution in [0.3, 0.4) is 0 Å². The van der Waals surface area contributed by atoms with E-state index in [1.807, 2.05) is 0 Å². The maximum atomic E-state index is 13.1. The van der Waals surface area contributed by atoms with Crippen molar-refractivity contribution in [1.82, 2.24) is 15.4 Å². The fourth-order valence-electron chi connectivity index (χ4n) is 2.39. The molecule has 1 aliphatic rings. The molecule has 0 aliphatic carbocycles.